The summed E-state index contributed by atoms with van der Waals surface area (Å²) < 4.78 is 0. The molecule has 0 spiro atoms. The molecule has 0 bridgehead atoms. The Kier molecular flexibility index (Phi) is 5.09. The van der Waals surface area contributed by atoms with Gasteiger partial charge in [-0.1, -0.05) is 46.3 Å². The minimum atomic E-state index is -0.669. The van der Waals surface area contributed by atoms with Crippen molar-refractivity contribution in [2.75, 3.05) is 0 Å². The normalized spacial score (nSPS) is 35.7. The van der Waals surface area contributed by atoms with E-state index in [9.17, 15) is 4.79 Å². The molecule has 2 saturated carbocycles. The maximum absolute atomic E-state index is 10.9. The molecule has 0 aromatic heterocycles. The predicted octanol–water partition coefficient (Wildman–Crippen LogP) is 5.68. The molecule has 0 unspecified atom stereocenters. The van der Waals surface area contributed by atoms with Crippen LogP contribution in [0.3, 0.4) is 0 Å². The molecule has 2 nitrogen and oxygen atoms in total. The van der Waals surface area contributed by atoms with Crippen LogP contribution in [0.25, 0.3) is 0 Å². The van der Waals surface area contributed by atoms with E-state index in [1.165, 1.54) is 37.7 Å². The largest absolute Gasteiger partial charge is 0.481 e. The number of carboxylic acid groups (broad SMARTS) is 1. The second kappa shape index (κ2) is 6.37. The number of rotatable bonds is 5. The van der Waals surface area contributed by atoms with Crippen LogP contribution >= 0.6 is 0 Å². The molecule has 0 aromatic carbocycles. The van der Waals surface area contributed by atoms with Gasteiger partial charge in [0.05, 0.1) is 0 Å². The smallest absolute Gasteiger partial charge is 0.303 e. The molecule has 22 heavy (non-hydrogen) atoms. The van der Waals surface area contributed by atoms with Gasteiger partial charge >= 0.3 is 5.97 Å². The Hall–Kier alpha value is -0.790. The summed E-state index contributed by atoms with van der Waals surface area (Å²) in [6.45, 7) is 13.9. The van der Waals surface area contributed by atoms with Crippen molar-refractivity contribution in [1.29, 1.82) is 0 Å². The molecule has 2 rings (SSSR count). The summed E-state index contributed by atoms with van der Waals surface area (Å²) in [5.41, 5.74) is 2.25. The first-order valence-corrected chi connectivity index (χ1v) is 9.06. The fourth-order valence-corrected chi connectivity index (χ4v) is 5.66. The molecular weight excluding hydrogens is 272 g/mol. The average Bonchev–Trinajstić information content (AvgIpc) is 2.35. The van der Waals surface area contributed by atoms with Crippen LogP contribution in [0.5, 0.6) is 0 Å². The van der Waals surface area contributed by atoms with Crippen molar-refractivity contribution in [3.63, 3.8) is 0 Å². The minimum Gasteiger partial charge on any atom is -0.481 e. The lowest BCUT2D eigenvalue weighted by Crippen LogP contribution is -2.49. The van der Waals surface area contributed by atoms with Crippen LogP contribution in [0.4, 0.5) is 0 Å². The minimum absolute atomic E-state index is 0.269. The summed E-state index contributed by atoms with van der Waals surface area (Å²) in [6.07, 6.45) is 8.89. The van der Waals surface area contributed by atoms with E-state index in [0.29, 0.717) is 23.2 Å². The molecule has 2 aliphatic carbocycles. The first-order chi connectivity index (χ1) is 10.2. The summed E-state index contributed by atoms with van der Waals surface area (Å²) in [7, 11) is 0. The van der Waals surface area contributed by atoms with Crippen LogP contribution in [0.2, 0.25) is 0 Å². The summed E-state index contributed by atoms with van der Waals surface area (Å²) in [5, 5.41) is 8.96. The van der Waals surface area contributed by atoms with Gasteiger partial charge in [0.2, 0.25) is 0 Å². The van der Waals surface area contributed by atoms with Crippen molar-refractivity contribution < 1.29 is 9.90 Å². The molecule has 126 valence electrons. The van der Waals surface area contributed by atoms with E-state index in [0.717, 1.165) is 18.8 Å². The van der Waals surface area contributed by atoms with Gasteiger partial charge < -0.3 is 5.11 Å². The topological polar surface area (TPSA) is 37.3 Å². The second-order valence-corrected chi connectivity index (χ2v) is 8.93. The van der Waals surface area contributed by atoms with Crippen molar-refractivity contribution >= 4 is 5.97 Å². The Balaban J connectivity index is 2.10. The molecular formula is C20H34O2. The molecule has 1 N–H and O–H groups in total. The zero-order valence-corrected chi connectivity index (χ0v) is 15.0. The molecule has 0 radical (unpaired) electrons. The highest BCUT2D eigenvalue weighted by molar-refractivity contribution is 5.66. The zero-order valence-electron chi connectivity index (χ0n) is 15.0. The van der Waals surface area contributed by atoms with Gasteiger partial charge in [-0.3, -0.25) is 4.79 Å². The van der Waals surface area contributed by atoms with E-state index >= 15 is 0 Å². The van der Waals surface area contributed by atoms with E-state index < -0.39 is 5.97 Å². The fourth-order valence-electron chi connectivity index (χ4n) is 5.66. The Labute approximate surface area is 136 Å². The maximum atomic E-state index is 10.9. The quantitative estimate of drug-likeness (QED) is 0.664. The molecule has 0 amide bonds. The summed E-state index contributed by atoms with van der Waals surface area (Å²) >= 11 is 0. The summed E-state index contributed by atoms with van der Waals surface area (Å²) in [4.78, 5) is 10.9. The number of carbonyl (C=O) groups is 1. The monoisotopic (exact) mass is 306 g/mol. The van der Waals surface area contributed by atoms with Crippen molar-refractivity contribution in [2.24, 2.45) is 28.6 Å². The molecule has 2 aliphatic rings. The molecule has 2 fully saturated rings. The number of hydrogen-bond donors (Lipinski definition) is 1. The summed E-state index contributed by atoms with van der Waals surface area (Å²) in [5.74, 6) is 0.977. The van der Waals surface area contributed by atoms with E-state index in [1.54, 1.807) is 0 Å². The number of allylic oxidation sites excluding steroid dienone is 1. The predicted molar refractivity (Wildman–Crippen MR) is 91.7 cm³/mol. The Morgan fingerprint density at radius 3 is 2.68 bits per heavy atom. The molecule has 4 atom stereocenters. The van der Waals surface area contributed by atoms with Crippen LogP contribution in [0, 0.1) is 28.6 Å². The lowest BCUT2D eigenvalue weighted by molar-refractivity contribution is -0.138. The van der Waals surface area contributed by atoms with Gasteiger partial charge in [0.25, 0.3) is 0 Å². The van der Waals surface area contributed by atoms with Crippen molar-refractivity contribution in [2.45, 2.75) is 79.1 Å². The third-order valence-electron chi connectivity index (χ3n) is 6.79. The SMILES string of the molecule is C=C1CC[C@@H]2C(C)(C)CCC[C@@]2(C)[C@@H]1CC[C@H](C)CC(=O)O. The van der Waals surface area contributed by atoms with Crippen molar-refractivity contribution in [3.05, 3.63) is 12.2 Å². The second-order valence-electron chi connectivity index (χ2n) is 8.93. The highest BCUT2D eigenvalue weighted by Gasteiger charge is 2.52. The molecule has 0 aliphatic heterocycles. The fraction of sp³-hybridized carbons (Fsp3) is 0.850. The standard InChI is InChI=1S/C20H34O2/c1-14(13-18(21)22)7-9-16-15(2)8-10-17-19(3,4)11-6-12-20(16,17)5/h14,16-17H,2,6-13H2,1,3-5H3,(H,21,22)/t14-,16+,17+,20-/m0/s1. The van der Waals surface area contributed by atoms with Gasteiger partial charge in [-0.25, -0.2) is 0 Å². The highest BCUT2D eigenvalue weighted by Crippen LogP contribution is 2.61. The van der Waals surface area contributed by atoms with E-state index in [-0.39, 0.29) is 5.92 Å². The lowest BCUT2D eigenvalue weighted by atomic mass is 9.47. The van der Waals surface area contributed by atoms with Crippen LogP contribution in [-0.2, 0) is 4.79 Å². The van der Waals surface area contributed by atoms with Gasteiger partial charge in [0.1, 0.15) is 0 Å². The van der Waals surface area contributed by atoms with Crippen molar-refractivity contribution in [1.82, 2.24) is 0 Å². The van der Waals surface area contributed by atoms with E-state index in [1.807, 2.05) is 0 Å². The number of hydrogen-bond acceptors (Lipinski definition) is 1. The van der Waals surface area contributed by atoms with Gasteiger partial charge in [-0.05, 0) is 67.1 Å². The highest BCUT2D eigenvalue weighted by atomic mass is 16.4. The van der Waals surface area contributed by atoms with Crippen LogP contribution in [0.1, 0.15) is 79.1 Å². The first kappa shape index (κ1) is 17.6. The third kappa shape index (κ3) is 3.41. The van der Waals surface area contributed by atoms with E-state index in [2.05, 4.69) is 34.3 Å². The van der Waals surface area contributed by atoms with Crippen LogP contribution < -0.4 is 0 Å². The number of carboxylic acids is 1. The van der Waals surface area contributed by atoms with Gasteiger partial charge in [0.15, 0.2) is 0 Å². The Bertz CT molecular complexity index is 437. The molecule has 2 heteroatoms. The zero-order chi connectivity index (χ0) is 16.5. The van der Waals surface area contributed by atoms with Crippen LogP contribution in [-0.4, -0.2) is 11.1 Å². The maximum Gasteiger partial charge on any atom is 0.303 e. The molecule has 0 saturated heterocycles. The van der Waals surface area contributed by atoms with Crippen LogP contribution in [0.15, 0.2) is 12.2 Å². The molecule has 0 heterocycles. The number of fused-ring (bicyclic) bond motifs is 1. The Morgan fingerprint density at radius 2 is 2.05 bits per heavy atom. The summed E-state index contributed by atoms with van der Waals surface area (Å²) in [6, 6.07) is 0. The van der Waals surface area contributed by atoms with Crippen molar-refractivity contribution in [3.8, 4) is 0 Å². The lowest BCUT2D eigenvalue weighted by Gasteiger charge is -2.58. The van der Waals surface area contributed by atoms with Gasteiger partial charge in [-0.15, -0.1) is 0 Å². The average molecular weight is 306 g/mol. The Morgan fingerprint density at radius 1 is 1.36 bits per heavy atom. The van der Waals surface area contributed by atoms with E-state index in [4.69, 9.17) is 5.11 Å². The number of aliphatic carboxylic acids is 1. The first-order valence-electron chi connectivity index (χ1n) is 9.06. The van der Waals surface area contributed by atoms with Gasteiger partial charge in [-0.2, -0.15) is 0 Å². The van der Waals surface area contributed by atoms with Gasteiger partial charge in [0, 0.05) is 6.42 Å². The third-order valence-corrected chi connectivity index (χ3v) is 6.79. The molecule has 0 aromatic rings.